The molecular formula is C14H28N2. The van der Waals surface area contributed by atoms with Gasteiger partial charge in [-0.2, -0.15) is 0 Å². The van der Waals surface area contributed by atoms with Gasteiger partial charge in [-0.25, -0.2) is 0 Å². The van der Waals surface area contributed by atoms with E-state index in [0.717, 1.165) is 12.5 Å². The molecule has 2 N–H and O–H groups in total. The molecule has 0 aromatic carbocycles. The van der Waals surface area contributed by atoms with Crippen LogP contribution >= 0.6 is 0 Å². The third kappa shape index (κ3) is 2.78. The minimum Gasteiger partial charge on any atom is -0.329 e. The lowest BCUT2D eigenvalue weighted by atomic mass is 9.83. The summed E-state index contributed by atoms with van der Waals surface area (Å²) in [5, 5.41) is 0. The third-order valence-corrected chi connectivity index (χ3v) is 4.61. The zero-order chi connectivity index (χ0) is 11.6. The number of rotatable bonds is 3. The first-order valence-corrected chi connectivity index (χ1v) is 7.06. The summed E-state index contributed by atoms with van der Waals surface area (Å²) in [7, 11) is 0. The van der Waals surface area contributed by atoms with Crippen molar-refractivity contribution in [3.05, 3.63) is 0 Å². The summed E-state index contributed by atoms with van der Waals surface area (Å²) in [6.45, 7) is 8.17. The normalized spacial score (nSPS) is 29.4. The molecule has 1 unspecified atom stereocenters. The summed E-state index contributed by atoms with van der Waals surface area (Å²) in [4.78, 5) is 2.68. The van der Waals surface area contributed by atoms with Crippen LogP contribution in [0.1, 0.15) is 52.4 Å². The maximum Gasteiger partial charge on any atom is 0.0246 e. The molecule has 2 fully saturated rings. The van der Waals surface area contributed by atoms with E-state index in [0.29, 0.717) is 11.5 Å². The SMILES string of the molecule is CC1(C)CCN(C(CN)C2CCCCC2)C1. The van der Waals surface area contributed by atoms with Gasteiger partial charge in [0, 0.05) is 19.1 Å². The predicted octanol–water partition coefficient (Wildman–Crippen LogP) is 2.63. The van der Waals surface area contributed by atoms with Crippen LogP contribution in [0.25, 0.3) is 0 Å². The second kappa shape index (κ2) is 5.05. The van der Waals surface area contributed by atoms with Gasteiger partial charge in [0.2, 0.25) is 0 Å². The Morgan fingerprint density at radius 2 is 1.94 bits per heavy atom. The molecule has 0 aromatic heterocycles. The molecule has 0 amide bonds. The van der Waals surface area contributed by atoms with E-state index in [4.69, 9.17) is 5.73 Å². The molecule has 1 atom stereocenters. The Labute approximate surface area is 101 Å². The summed E-state index contributed by atoms with van der Waals surface area (Å²) in [6, 6.07) is 0.669. The maximum absolute atomic E-state index is 6.03. The zero-order valence-corrected chi connectivity index (χ0v) is 11.0. The van der Waals surface area contributed by atoms with E-state index in [2.05, 4.69) is 18.7 Å². The van der Waals surface area contributed by atoms with Crippen molar-refractivity contribution in [1.82, 2.24) is 4.90 Å². The van der Waals surface area contributed by atoms with Gasteiger partial charge in [-0.15, -0.1) is 0 Å². The van der Waals surface area contributed by atoms with Crippen LogP contribution in [0, 0.1) is 11.3 Å². The summed E-state index contributed by atoms with van der Waals surface area (Å²) in [6.07, 6.45) is 8.48. The molecule has 2 nitrogen and oxygen atoms in total. The Morgan fingerprint density at radius 1 is 1.25 bits per heavy atom. The predicted molar refractivity (Wildman–Crippen MR) is 69.4 cm³/mol. The fraction of sp³-hybridized carbons (Fsp3) is 1.00. The van der Waals surface area contributed by atoms with Crippen molar-refractivity contribution in [2.75, 3.05) is 19.6 Å². The molecule has 1 saturated heterocycles. The quantitative estimate of drug-likeness (QED) is 0.798. The van der Waals surface area contributed by atoms with Gasteiger partial charge in [-0.3, -0.25) is 4.90 Å². The maximum atomic E-state index is 6.03. The second-order valence-corrected chi connectivity index (χ2v) is 6.59. The molecule has 1 heterocycles. The molecular weight excluding hydrogens is 196 g/mol. The molecule has 0 radical (unpaired) electrons. The molecule has 2 heteroatoms. The Hall–Kier alpha value is -0.0800. The number of nitrogens with two attached hydrogens (primary N) is 1. The monoisotopic (exact) mass is 224 g/mol. The number of nitrogens with zero attached hydrogens (tertiary/aromatic N) is 1. The van der Waals surface area contributed by atoms with E-state index in [1.807, 2.05) is 0 Å². The minimum absolute atomic E-state index is 0.516. The molecule has 2 rings (SSSR count). The topological polar surface area (TPSA) is 29.3 Å². The van der Waals surface area contributed by atoms with Crippen LogP contribution in [-0.4, -0.2) is 30.6 Å². The number of hydrogen-bond acceptors (Lipinski definition) is 2. The lowest BCUT2D eigenvalue weighted by Gasteiger charge is -2.36. The molecule has 2 aliphatic rings. The van der Waals surface area contributed by atoms with E-state index >= 15 is 0 Å². The average molecular weight is 224 g/mol. The Morgan fingerprint density at radius 3 is 2.44 bits per heavy atom. The summed E-state index contributed by atoms with van der Waals surface area (Å²) >= 11 is 0. The first kappa shape index (κ1) is 12.4. The summed E-state index contributed by atoms with van der Waals surface area (Å²) in [5.74, 6) is 0.882. The van der Waals surface area contributed by atoms with Crippen LogP contribution in [-0.2, 0) is 0 Å². The highest BCUT2D eigenvalue weighted by Crippen LogP contribution is 2.35. The van der Waals surface area contributed by atoms with Gasteiger partial charge < -0.3 is 5.73 Å². The van der Waals surface area contributed by atoms with Crippen molar-refractivity contribution in [3.8, 4) is 0 Å². The van der Waals surface area contributed by atoms with E-state index in [9.17, 15) is 0 Å². The van der Waals surface area contributed by atoms with Gasteiger partial charge in [-0.05, 0) is 37.1 Å². The molecule has 0 bridgehead atoms. The molecule has 0 spiro atoms. The van der Waals surface area contributed by atoms with Crippen LogP contribution in [0.4, 0.5) is 0 Å². The molecule has 16 heavy (non-hydrogen) atoms. The van der Waals surface area contributed by atoms with Gasteiger partial charge in [0.05, 0.1) is 0 Å². The highest BCUT2D eigenvalue weighted by atomic mass is 15.2. The van der Waals surface area contributed by atoms with E-state index in [1.54, 1.807) is 0 Å². The smallest absolute Gasteiger partial charge is 0.0246 e. The second-order valence-electron chi connectivity index (χ2n) is 6.59. The summed E-state index contributed by atoms with van der Waals surface area (Å²) < 4.78 is 0. The van der Waals surface area contributed by atoms with Crippen molar-refractivity contribution in [2.24, 2.45) is 17.1 Å². The molecule has 1 aliphatic carbocycles. The zero-order valence-electron chi connectivity index (χ0n) is 11.0. The van der Waals surface area contributed by atoms with E-state index in [-0.39, 0.29) is 0 Å². The van der Waals surface area contributed by atoms with Crippen LogP contribution in [0.15, 0.2) is 0 Å². The minimum atomic E-state index is 0.516. The largest absolute Gasteiger partial charge is 0.329 e. The Bertz CT molecular complexity index is 219. The molecule has 1 saturated carbocycles. The van der Waals surface area contributed by atoms with Crippen LogP contribution < -0.4 is 5.73 Å². The van der Waals surface area contributed by atoms with E-state index < -0.39 is 0 Å². The summed E-state index contributed by atoms with van der Waals surface area (Å²) in [5.41, 5.74) is 6.55. The van der Waals surface area contributed by atoms with Gasteiger partial charge in [0.15, 0.2) is 0 Å². The van der Waals surface area contributed by atoms with Crippen molar-refractivity contribution in [3.63, 3.8) is 0 Å². The fourth-order valence-corrected chi connectivity index (χ4v) is 3.60. The average Bonchev–Trinajstić information content (AvgIpc) is 2.62. The van der Waals surface area contributed by atoms with Crippen molar-refractivity contribution < 1.29 is 0 Å². The van der Waals surface area contributed by atoms with Crippen LogP contribution in [0.3, 0.4) is 0 Å². The lowest BCUT2D eigenvalue weighted by molar-refractivity contribution is 0.136. The van der Waals surface area contributed by atoms with E-state index in [1.165, 1.54) is 51.6 Å². The number of likely N-dealkylation sites (tertiary alicyclic amines) is 1. The van der Waals surface area contributed by atoms with Gasteiger partial charge >= 0.3 is 0 Å². The lowest BCUT2D eigenvalue weighted by Crippen LogP contribution is -2.45. The van der Waals surface area contributed by atoms with Crippen molar-refractivity contribution >= 4 is 0 Å². The first-order chi connectivity index (χ1) is 7.62. The number of hydrogen-bond donors (Lipinski definition) is 1. The third-order valence-electron chi connectivity index (χ3n) is 4.61. The Kier molecular flexibility index (Phi) is 3.91. The van der Waals surface area contributed by atoms with Gasteiger partial charge in [0.1, 0.15) is 0 Å². The first-order valence-electron chi connectivity index (χ1n) is 7.06. The van der Waals surface area contributed by atoms with Crippen molar-refractivity contribution in [2.45, 2.75) is 58.4 Å². The molecule has 0 aromatic rings. The molecule has 1 aliphatic heterocycles. The fourth-order valence-electron chi connectivity index (χ4n) is 3.60. The van der Waals surface area contributed by atoms with Crippen molar-refractivity contribution in [1.29, 1.82) is 0 Å². The molecule has 94 valence electrons. The van der Waals surface area contributed by atoms with Crippen LogP contribution in [0.2, 0.25) is 0 Å². The highest BCUT2D eigenvalue weighted by molar-refractivity contribution is 4.90. The van der Waals surface area contributed by atoms with Gasteiger partial charge in [0.25, 0.3) is 0 Å². The van der Waals surface area contributed by atoms with Gasteiger partial charge in [-0.1, -0.05) is 33.1 Å². The standard InChI is InChI=1S/C14H28N2/c1-14(2)8-9-16(11-14)13(10-15)12-6-4-3-5-7-12/h12-13H,3-11,15H2,1-2H3. The van der Waals surface area contributed by atoms with Crippen LogP contribution in [0.5, 0.6) is 0 Å². The Balaban J connectivity index is 1.94. The highest BCUT2D eigenvalue weighted by Gasteiger charge is 2.36.